The lowest BCUT2D eigenvalue weighted by atomic mass is 10.3. The van der Waals surface area contributed by atoms with Gasteiger partial charge < -0.3 is 4.52 Å². The average molecular weight is 273 g/mol. The molecule has 0 bridgehead atoms. The molecule has 1 heterocycles. The van der Waals surface area contributed by atoms with Gasteiger partial charge in [0.2, 0.25) is 10.0 Å². The Morgan fingerprint density at radius 3 is 2.78 bits per heavy atom. The average Bonchev–Trinajstić information content (AvgIpc) is 3.00. The number of rotatable bonds is 7. The van der Waals surface area contributed by atoms with Crippen LogP contribution in [0.15, 0.2) is 10.6 Å². The van der Waals surface area contributed by atoms with E-state index in [-0.39, 0.29) is 0 Å². The molecule has 0 aliphatic heterocycles. The van der Waals surface area contributed by atoms with E-state index >= 15 is 0 Å². The molecule has 0 atom stereocenters. The molecule has 0 unspecified atom stereocenters. The highest BCUT2D eigenvalue weighted by Gasteiger charge is 2.29. The number of aryl methyl sites for hydroxylation is 1. The number of nitrogens with one attached hydrogen (secondary N) is 1. The summed E-state index contributed by atoms with van der Waals surface area (Å²) in [6.07, 6.45) is 3.52. The van der Waals surface area contributed by atoms with Crippen LogP contribution in [0.2, 0.25) is 0 Å². The van der Waals surface area contributed by atoms with Crippen LogP contribution < -0.4 is 4.72 Å². The van der Waals surface area contributed by atoms with Crippen LogP contribution in [0, 0.1) is 6.92 Å². The van der Waals surface area contributed by atoms with E-state index in [9.17, 15) is 8.42 Å². The van der Waals surface area contributed by atoms with Crippen LogP contribution in [0.1, 0.15) is 24.3 Å². The molecule has 0 saturated heterocycles. The summed E-state index contributed by atoms with van der Waals surface area (Å²) >= 11 is 0. The third-order valence-electron chi connectivity index (χ3n) is 2.86. The largest absolute Gasteiger partial charge is 0.360 e. The van der Waals surface area contributed by atoms with Crippen LogP contribution in [0.5, 0.6) is 0 Å². The molecule has 1 N–H and O–H groups in total. The summed E-state index contributed by atoms with van der Waals surface area (Å²) in [5.74, 6) is 0.832. The highest BCUT2D eigenvalue weighted by molar-refractivity contribution is 7.88. The highest BCUT2D eigenvalue weighted by atomic mass is 32.2. The molecule has 0 amide bonds. The quantitative estimate of drug-likeness (QED) is 0.783. The Balaban J connectivity index is 1.85. The van der Waals surface area contributed by atoms with Crippen molar-refractivity contribution in [2.75, 3.05) is 19.3 Å². The topological polar surface area (TPSA) is 75.4 Å². The van der Waals surface area contributed by atoms with Crippen molar-refractivity contribution in [1.29, 1.82) is 0 Å². The molecule has 7 heteroatoms. The van der Waals surface area contributed by atoms with Crippen LogP contribution in [0.25, 0.3) is 0 Å². The second-order valence-electron chi connectivity index (χ2n) is 4.80. The normalized spacial score (nSPS) is 16.4. The van der Waals surface area contributed by atoms with Gasteiger partial charge in [-0.2, -0.15) is 0 Å². The highest BCUT2D eigenvalue weighted by Crippen LogP contribution is 2.27. The van der Waals surface area contributed by atoms with Gasteiger partial charge in [-0.3, -0.25) is 4.90 Å². The van der Waals surface area contributed by atoms with Gasteiger partial charge in [-0.15, -0.1) is 0 Å². The molecule has 0 radical (unpaired) electrons. The molecule has 1 aromatic heterocycles. The minimum Gasteiger partial charge on any atom is -0.360 e. The molecule has 6 nitrogen and oxygen atoms in total. The van der Waals surface area contributed by atoms with E-state index in [1.807, 2.05) is 13.0 Å². The van der Waals surface area contributed by atoms with Gasteiger partial charge in [0.1, 0.15) is 0 Å². The van der Waals surface area contributed by atoms with Crippen molar-refractivity contribution in [3.63, 3.8) is 0 Å². The predicted octanol–water partition coefficient (Wildman–Crippen LogP) is 0.497. The van der Waals surface area contributed by atoms with Crippen molar-refractivity contribution in [2.45, 2.75) is 32.4 Å². The summed E-state index contributed by atoms with van der Waals surface area (Å²) in [6.45, 7) is 3.70. The maximum atomic E-state index is 11.0. The number of sulfonamides is 1. The first kappa shape index (κ1) is 13.5. The molecule has 1 aromatic rings. The van der Waals surface area contributed by atoms with E-state index < -0.39 is 10.0 Å². The fourth-order valence-corrected chi connectivity index (χ4v) is 2.36. The standard InChI is InChI=1S/C11H19N3O3S/c1-9-7-11(17-13-9)8-14(10-3-4-10)6-5-12-18(2,15)16/h7,10,12H,3-6,8H2,1-2H3. The minimum absolute atomic E-state index is 0.433. The second-order valence-corrected chi connectivity index (χ2v) is 6.64. The van der Waals surface area contributed by atoms with E-state index in [1.165, 1.54) is 19.1 Å². The summed E-state index contributed by atoms with van der Waals surface area (Å²) in [7, 11) is -3.11. The zero-order chi connectivity index (χ0) is 13.2. The van der Waals surface area contributed by atoms with Gasteiger partial charge in [-0.1, -0.05) is 5.16 Å². The van der Waals surface area contributed by atoms with Gasteiger partial charge in [0.15, 0.2) is 5.76 Å². The first-order chi connectivity index (χ1) is 8.44. The van der Waals surface area contributed by atoms with Crippen molar-refractivity contribution in [3.05, 3.63) is 17.5 Å². The van der Waals surface area contributed by atoms with Gasteiger partial charge in [0, 0.05) is 25.2 Å². The Morgan fingerprint density at radius 2 is 2.28 bits per heavy atom. The van der Waals surface area contributed by atoms with Crippen LogP contribution >= 0.6 is 0 Å². The maximum Gasteiger partial charge on any atom is 0.208 e. The summed E-state index contributed by atoms with van der Waals surface area (Å²) in [5, 5.41) is 3.86. The van der Waals surface area contributed by atoms with E-state index in [2.05, 4.69) is 14.8 Å². The van der Waals surface area contributed by atoms with E-state index in [0.717, 1.165) is 11.5 Å². The lowest BCUT2D eigenvalue weighted by Gasteiger charge is -2.20. The molecule has 0 spiro atoms. The third kappa shape index (κ3) is 4.40. The summed E-state index contributed by atoms with van der Waals surface area (Å²) < 4.78 is 29.7. The van der Waals surface area contributed by atoms with Crippen molar-refractivity contribution in [2.24, 2.45) is 0 Å². The summed E-state index contributed by atoms with van der Waals surface area (Å²) in [6, 6.07) is 2.47. The minimum atomic E-state index is -3.11. The van der Waals surface area contributed by atoms with E-state index in [0.29, 0.717) is 25.7 Å². The van der Waals surface area contributed by atoms with Crippen molar-refractivity contribution >= 4 is 10.0 Å². The Hall–Kier alpha value is -0.920. The van der Waals surface area contributed by atoms with Crippen molar-refractivity contribution < 1.29 is 12.9 Å². The number of aromatic nitrogens is 1. The fraction of sp³-hybridized carbons (Fsp3) is 0.727. The monoisotopic (exact) mass is 273 g/mol. The Kier molecular flexibility index (Phi) is 4.04. The first-order valence-corrected chi connectivity index (χ1v) is 7.94. The Morgan fingerprint density at radius 1 is 1.56 bits per heavy atom. The molecule has 2 rings (SSSR count). The molecule has 1 fully saturated rings. The van der Waals surface area contributed by atoms with Gasteiger partial charge in [0.25, 0.3) is 0 Å². The van der Waals surface area contributed by atoms with E-state index in [4.69, 9.17) is 4.52 Å². The number of hydrogen-bond donors (Lipinski definition) is 1. The second kappa shape index (κ2) is 5.38. The first-order valence-electron chi connectivity index (χ1n) is 6.05. The third-order valence-corrected chi connectivity index (χ3v) is 3.59. The fourth-order valence-electron chi connectivity index (χ4n) is 1.90. The lowest BCUT2D eigenvalue weighted by Crippen LogP contribution is -2.35. The van der Waals surface area contributed by atoms with Gasteiger partial charge in [-0.25, -0.2) is 13.1 Å². The number of hydrogen-bond acceptors (Lipinski definition) is 5. The van der Waals surface area contributed by atoms with Crippen LogP contribution in [-0.4, -0.2) is 43.9 Å². The SMILES string of the molecule is Cc1cc(CN(CCNS(C)(=O)=O)C2CC2)on1. The molecule has 102 valence electrons. The van der Waals surface area contributed by atoms with Crippen LogP contribution in [-0.2, 0) is 16.6 Å². The van der Waals surface area contributed by atoms with Gasteiger partial charge in [0.05, 0.1) is 18.5 Å². The van der Waals surface area contributed by atoms with Gasteiger partial charge >= 0.3 is 0 Å². The van der Waals surface area contributed by atoms with Crippen LogP contribution in [0.4, 0.5) is 0 Å². The molecule has 18 heavy (non-hydrogen) atoms. The molecule has 0 aromatic carbocycles. The molecule has 1 aliphatic carbocycles. The Bertz CT molecular complexity index is 493. The molecular formula is C11H19N3O3S. The van der Waals surface area contributed by atoms with Crippen molar-refractivity contribution in [1.82, 2.24) is 14.8 Å². The Labute approximate surface area is 107 Å². The maximum absolute atomic E-state index is 11.0. The molecular weight excluding hydrogens is 254 g/mol. The summed E-state index contributed by atoms with van der Waals surface area (Å²) in [5.41, 5.74) is 0.870. The van der Waals surface area contributed by atoms with Gasteiger partial charge in [-0.05, 0) is 19.8 Å². The van der Waals surface area contributed by atoms with Crippen molar-refractivity contribution in [3.8, 4) is 0 Å². The van der Waals surface area contributed by atoms with Crippen LogP contribution in [0.3, 0.4) is 0 Å². The smallest absolute Gasteiger partial charge is 0.208 e. The van der Waals surface area contributed by atoms with E-state index in [1.54, 1.807) is 0 Å². The predicted molar refractivity (Wildman–Crippen MR) is 67.5 cm³/mol. The number of nitrogens with zero attached hydrogens (tertiary/aromatic N) is 2. The lowest BCUT2D eigenvalue weighted by molar-refractivity contribution is 0.225. The summed E-state index contributed by atoms with van der Waals surface area (Å²) in [4.78, 5) is 2.23. The zero-order valence-corrected chi connectivity index (χ0v) is 11.5. The zero-order valence-electron chi connectivity index (χ0n) is 10.7. The molecule has 1 aliphatic rings. The molecule has 1 saturated carbocycles.